The standard InChI is InChI=1S/C48H87N2O6P/c1-6-8-10-12-14-16-18-20-22-24-25-26-28-30-32-34-36-38-40-42-48(52)49-46(45-56-57(53,54)55-44-43-50(3,4)5)47(51)41-39-37-35-33-31-29-27-23-21-19-17-15-13-11-9-7-2/h14,16,20-23,25-26,31,33,39,41,46-47,51H,6-13,15,17-19,24,27-30,32,34-38,40,42-45H2,1-5H3,(H-,49,52,53,54)/p+1/b16-14-,22-20-,23-21+,26-25-,33-31+,41-39+. The molecule has 0 aromatic heterocycles. The maximum absolute atomic E-state index is 12.9. The van der Waals surface area contributed by atoms with Crippen LogP contribution in [-0.4, -0.2) is 73.4 Å². The zero-order valence-corrected chi connectivity index (χ0v) is 38.2. The minimum atomic E-state index is -4.36. The molecule has 0 saturated carbocycles. The first-order valence-electron chi connectivity index (χ1n) is 22.8. The summed E-state index contributed by atoms with van der Waals surface area (Å²) in [4.78, 5) is 23.1. The SMILES string of the molecule is CCCCC/C=C\C/C=C\C/C=C\CCCCCCCCC(=O)NC(COP(=O)(O)OCC[N+](C)(C)C)C(O)/C=C/CC/C=C/CC/C=C/CCCCCCCC. The van der Waals surface area contributed by atoms with Gasteiger partial charge in [-0.2, -0.15) is 0 Å². The second-order valence-electron chi connectivity index (χ2n) is 16.4. The number of amides is 1. The summed E-state index contributed by atoms with van der Waals surface area (Å²) in [7, 11) is 1.52. The number of nitrogens with one attached hydrogen (secondary N) is 1. The van der Waals surface area contributed by atoms with Crippen LogP contribution in [0.3, 0.4) is 0 Å². The lowest BCUT2D eigenvalue weighted by Crippen LogP contribution is -2.45. The molecule has 0 aliphatic carbocycles. The van der Waals surface area contributed by atoms with Crippen LogP contribution < -0.4 is 5.32 Å². The average molecular weight is 820 g/mol. The maximum Gasteiger partial charge on any atom is 0.472 e. The minimum absolute atomic E-state index is 0.0473. The van der Waals surface area contributed by atoms with Crippen LogP contribution in [0.25, 0.3) is 0 Å². The Morgan fingerprint density at radius 2 is 1.02 bits per heavy atom. The number of phosphoric ester groups is 1. The number of phosphoric acid groups is 1. The Hall–Kier alpha value is -2.06. The summed E-state index contributed by atoms with van der Waals surface area (Å²) in [5.74, 6) is -0.207. The van der Waals surface area contributed by atoms with E-state index in [0.29, 0.717) is 17.4 Å². The average Bonchev–Trinajstić information content (AvgIpc) is 3.16. The summed E-state index contributed by atoms with van der Waals surface area (Å²) >= 11 is 0. The molecule has 0 aliphatic rings. The third-order valence-corrected chi connectivity index (χ3v) is 10.6. The summed E-state index contributed by atoms with van der Waals surface area (Å²) < 4.78 is 23.5. The molecule has 9 heteroatoms. The molecule has 0 aromatic carbocycles. The van der Waals surface area contributed by atoms with Gasteiger partial charge in [-0.1, -0.05) is 157 Å². The van der Waals surface area contributed by atoms with Crippen molar-refractivity contribution in [3.8, 4) is 0 Å². The van der Waals surface area contributed by atoms with Gasteiger partial charge in [0.1, 0.15) is 13.2 Å². The molecule has 57 heavy (non-hydrogen) atoms. The molecule has 1 amide bonds. The highest BCUT2D eigenvalue weighted by Crippen LogP contribution is 2.43. The molecule has 0 saturated heterocycles. The number of carbonyl (C=O) groups excluding carboxylic acids is 1. The molecule has 0 heterocycles. The fourth-order valence-electron chi connectivity index (χ4n) is 5.96. The molecule has 330 valence electrons. The van der Waals surface area contributed by atoms with Crippen LogP contribution in [-0.2, 0) is 18.4 Å². The summed E-state index contributed by atoms with van der Waals surface area (Å²) in [5, 5.41) is 13.8. The van der Waals surface area contributed by atoms with Gasteiger partial charge in [0.2, 0.25) is 5.91 Å². The van der Waals surface area contributed by atoms with Crippen LogP contribution >= 0.6 is 7.82 Å². The van der Waals surface area contributed by atoms with Gasteiger partial charge in [0.15, 0.2) is 0 Å². The molecular formula is C48H88N2O6P+. The van der Waals surface area contributed by atoms with E-state index >= 15 is 0 Å². The van der Waals surface area contributed by atoms with E-state index in [2.05, 4.69) is 79.9 Å². The summed E-state index contributed by atoms with van der Waals surface area (Å²) in [5.41, 5.74) is 0. The zero-order chi connectivity index (χ0) is 42.1. The molecule has 3 atom stereocenters. The zero-order valence-electron chi connectivity index (χ0n) is 37.3. The lowest BCUT2D eigenvalue weighted by atomic mass is 10.1. The Morgan fingerprint density at radius 1 is 0.596 bits per heavy atom. The van der Waals surface area contributed by atoms with E-state index in [1.165, 1.54) is 83.5 Å². The number of hydrogen-bond acceptors (Lipinski definition) is 5. The number of quaternary nitrogens is 1. The molecule has 0 spiro atoms. The predicted octanol–water partition coefficient (Wildman–Crippen LogP) is 12.8. The molecule has 0 aromatic rings. The van der Waals surface area contributed by atoms with Gasteiger partial charge in [0.05, 0.1) is 39.9 Å². The van der Waals surface area contributed by atoms with Crippen molar-refractivity contribution in [2.45, 2.75) is 187 Å². The molecule has 8 nitrogen and oxygen atoms in total. The predicted molar refractivity (Wildman–Crippen MR) is 244 cm³/mol. The van der Waals surface area contributed by atoms with Crippen molar-refractivity contribution in [1.82, 2.24) is 5.32 Å². The number of likely N-dealkylation sites (N-methyl/N-ethyl adjacent to an activating group) is 1. The molecule has 0 fully saturated rings. The number of allylic oxidation sites excluding steroid dienone is 11. The van der Waals surface area contributed by atoms with Crippen LogP contribution in [0.15, 0.2) is 72.9 Å². The van der Waals surface area contributed by atoms with Gasteiger partial charge in [0.25, 0.3) is 0 Å². The van der Waals surface area contributed by atoms with Crippen molar-refractivity contribution in [3.05, 3.63) is 72.9 Å². The molecule has 3 N–H and O–H groups in total. The number of carbonyl (C=O) groups is 1. The highest BCUT2D eigenvalue weighted by molar-refractivity contribution is 7.47. The van der Waals surface area contributed by atoms with Gasteiger partial charge >= 0.3 is 7.82 Å². The van der Waals surface area contributed by atoms with E-state index < -0.39 is 20.0 Å². The van der Waals surface area contributed by atoms with Crippen LogP contribution in [0.4, 0.5) is 0 Å². The Kier molecular flexibility index (Phi) is 38.0. The third kappa shape index (κ3) is 41.9. The number of hydrogen-bond donors (Lipinski definition) is 3. The molecule has 0 aliphatic heterocycles. The van der Waals surface area contributed by atoms with E-state index in [9.17, 15) is 19.4 Å². The van der Waals surface area contributed by atoms with Crippen LogP contribution in [0.2, 0.25) is 0 Å². The van der Waals surface area contributed by atoms with Gasteiger partial charge in [0, 0.05) is 6.42 Å². The Balaban J connectivity index is 4.52. The number of unbranched alkanes of at least 4 members (excludes halogenated alkanes) is 17. The monoisotopic (exact) mass is 820 g/mol. The Bertz CT molecular complexity index is 1160. The first-order valence-corrected chi connectivity index (χ1v) is 24.3. The first kappa shape index (κ1) is 54.9. The topological polar surface area (TPSA) is 105 Å². The second-order valence-corrected chi connectivity index (χ2v) is 17.9. The van der Waals surface area contributed by atoms with Crippen molar-refractivity contribution >= 4 is 13.7 Å². The van der Waals surface area contributed by atoms with Crippen molar-refractivity contribution in [1.29, 1.82) is 0 Å². The third-order valence-electron chi connectivity index (χ3n) is 9.63. The molecular weight excluding hydrogens is 732 g/mol. The smallest absolute Gasteiger partial charge is 0.387 e. The number of nitrogens with zero attached hydrogens (tertiary/aromatic N) is 1. The number of rotatable bonds is 40. The van der Waals surface area contributed by atoms with Gasteiger partial charge in [-0.25, -0.2) is 4.57 Å². The van der Waals surface area contributed by atoms with Crippen molar-refractivity contribution in [2.24, 2.45) is 0 Å². The minimum Gasteiger partial charge on any atom is -0.387 e. The van der Waals surface area contributed by atoms with Gasteiger partial charge in [-0.15, -0.1) is 0 Å². The lowest BCUT2D eigenvalue weighted by molar-refractivity contribution is -0.870. The maximum atomic E-state index is 12.9. The van der Waals surface area contributed by atoms with E-state index in [0.717, 1.165) is 70.6 Å². The first-order chi connectivity index (χ1) is 27.5. The van der Waals surface area contributed by atoms with Crippen molar-refractivity contribution in [2.75, 3.05) is 40.9 Å². The fourth-order valence-corrected chi connectivity index (χ4v) is 6.70. The normalized spacial score (nSPS) is 15.0. The molecule has 3 unspecified atom stereocenters. The quantitative estimate of drug-likeness (QED) is 0.0246. The number of aliphatic hydroxyl groups excluding tert-OH is 1. The van der Waals surface area contributed by atoms with E-state index in [-0.39, 0.29) is 19.1 Å². The van der Waals surface area contributed by atoms with Gasteiger partial charge in [-0.05, 0) is 83.5 Å². The summed E-state index contributed by atoms with van der Waals surface area (Å²) in [6.07, 6.45) is 52.5. The fraction of sp³-hybridized carbons (Fsp3) is 0.729. The van der Waals surface area contributed by atoms with E-state index in [1.54, 1.807) is 6.08 Å². The highest BCUT2D eigenvalue weighted by Gasteiger charge is 2.27. The van der Waals surface area contributed by atoms with Crippen LogP contribution in [0, 0.1) is 0 Å². The molecule has 0 rings (SSSR count). The van der Waals surface area contributed by atoms with E-state index in [1.807, 2.05) is 27.2 Å². The largest absolute Gasteiger partial charge is 0.472 e. The summed E-state index contributed by atoms with van der Waals surface area (Å²) in [6, 6.07) is -0.879. The Labute approximate surface area is 351 Å². The molecule has 0 radical (unpaired) electrons. The highest BCUT2D eigenvalue weighted by atomic mass is 31.2. The Morgan fingerprint density at radius 3 is 1.56 bits per heavy atom. The van der Waals surface area contributed by atoms with Gasteiger partial charge in [-0.3, -0.25) is 13.8 Å². The van der Waals surface area contributed by atoms with E-state index in [4.69, 9.17) is 9.05 Å². The summed E-state index contributed by atoms with van der Waals surface area (Å²) in [6.45, 7) is 4.72. The lowest BCUT2D eigenvalue weighted by Gasteiger charge is -2.25. The van der Waals surface area contributed by atoms with Crippen LogP contribution in [0.1, 0.15) is 174 Å². The second kappa shape index (κ2) is 39.4. The van der Waals surface area contributed by atoms with Crippen molar-refractivity contribution in [3.63, 3.8) is 0 Å². The molecule has 0 bridgehead atoms. The van der Waals surface area contributed by atoms with Crippen molar-refractivity contribution < 1.29 is 32.9 Å². The van der Waals surface area contributed by atoms with Crippen LogP contribution in [0.5, 0.6) is 0 Å². The number of aliphatic hydroxyl groups is 1. The van der Waals surface area contributed by atoms with Gasteiger partial charge < -0.3 is 19.8 Å².